The lowest BCUT2D eigenvalue weighted by atomic mass is 10.1. The van der Waals surface area contributed by atoms with E-state index in [0.29, 0.717) is 4.08 Å². The molecule has 1 aromatic rings. The Balaban J connectivity index is 2.04. The molecule has 80 valence electrons. The zero-order valence-electron chi connectivity index (χ0n) is 8.63. The average Bonchev–Trinajstić information content (AvgIpc) is 2.73. The first-order valence-electron chi connectivity index (χ1n) is 5.30. The molecule has 15 heavy (non-hydrogen) atoms. The molecule has 0 radical (unpaired) electrons. The monoisotopic (exact) mass is 300 g/mol. The highest BCUT2D eigenvalue weighted by atomic mass is 79.9. The summed E-state index contributed by atoms with van der Waals surface area (Å²) in [7, 11) is 0. The molecule has 1 aromatic carbocycles. The van der Waals surface area contributed by atoms with Crippen molar-refractivity contribution in [2.24, 2.45) is 0 Å². The van der Waals surface area contributed by atoms with Crippen molar-refractivity contribution < 1.29 is 0 Å². The van der Waals surface area contributed by atoms with Gasteiger partial charge in [-0.25, -0.2) is 0 Å². The van der Waals surface area contributed by atoms with E-state index >= 15 is 0 Å². The molecule has 0 aromatic heterocycles. The number of benzene rings is 1. The highest BCUT2D eigenvalue weighted by Crippen LogP contribution is 2.61. The summed E-state index contributed by atoms with van der Waals surface area (Å²) in [5.74, 6) is 1.31. The number of fused-ring (bicyclic) bond motifs is 2. The van der Waals surface area contributed by atoms with Crippen LogP contribution in [0.5, 0.6) is 0 Å². The van der Waals surface area contributed by atoms with E-state index in [1.807, 2.05) is 0 Å². The molecule has 3 heteroatoms. The van der Waals surface area contributed by atoms with Crippen molar-refractivity contribution in [3.8, 4) is 0 Å². The van der Waals surface area contributed by atoms with Gasteiger partial charge in [-0.1, -0.05) is 28.9 Å². The quantitative estimate of drug-likeness (QED) is 0.696. The normalized spacial score (nSPS) is 33.6. The molecule has 2 atom stereocenters. The van der Waals surface area contributed by atoms with Crippen LogP contribution in [0.1, 0.15) is 24.5 Å². The van der Waals surface area contributed by atoms with Gasteiger partial charge in [-0.15, -0.1) is 23.5 Å². The van der Waals surface area contributed by atoms with Crippen molar-refractivity contribution in [1.29, 1.82) is 0 Å². The van der Waals surface area contributed by atoms with E-state index < -0.39 is 0 Å². The van der Waals surface area contributed by atoms with Crippen molar-refractivity contribution in [3.05, 3.63) is 33.8 Å². The minimum absolute atomic E-state index is 0.398. The minimum Gasteiger partial charge on any atom is -0.138 e. The lowest BCUT2D eigenvalue weighted by Crippen LogP contribution is -2.09. The van der Waals surface area contributed by atoms with Crippen molar-refractivity contribution in [3.63, 3.8) is 0 Å². The molecular formula is C12H13BrS2. The van der Waals surface area contributed by atoms with Crippen LogP contribution in [0, 0.1) is 0 Å². The Bertz CT molecular complexity index is 405. The number of hydrogen-bond donors (Lipinski definition) is 0. The first-order chi connectivity index (χ1) is 7.20. The Morgan fingerprint density at radius 2 is 2.33 bits per heavy atom. The van der Waals surface area contributed by atoms with E-state index in [-0.39, 0.29) is 0 Å². The predicted molar refractivity (Wildman–Crippen MR) is 73.7 cm³/mol. The van der Waals surface area contributed by atoms with E-state index in [9.17, 15) is 0 Å². The van der Waals surface area contributed by atoms with Gasteiger partial charge in [0, 0.05) is 15.5 Å². The summed E-state index contributed by atoms with van der Waals surface area (Å²) in [6, 6.07) is 6.81. The van der Waals surface area contributed by atoms with Crippen molar-refractivity contribution in [2.75, 3.05) is 5.75 Å². The molecule has 0 N–H and O–H groups in total. The van der Waals surface area contributed by atoms with Crippen LogP contribution in [-0.2, 0) is 10.5 Å². The Kier molecular flexibility index (Phi) is 2.61. The number of hydrogen-bond acceptors (Lipinski definition) is 2. The Morgan fingerprint density at radius 1 is 1.47 bits per heavy atom. The van der Waals surface area contributed by atoms with Gasteiger partial charge in [0.05, 0.1) is 4.08 Å². The summed E-state index contributed by atoms with van der Waals surface area (Å²) in [5.41, 5.74) is 3.14. The molecule has 0 nitrogen and oxygen atoms in total. The number of thioether (sulfide) groups is 2. The minimum atomic E-state index is 0.398. The maximum absolute atomic E-state index is 3.56. The van der Waals surface area contributed by atoms with E-state index in [1.54, 1.807) is 11.1 Å². The highest BCUT2D eigenvalue weighted by Gasteiger charge is 2.44. The number of halogens is 1. The third kappa shape index (κ3) is 1.67. The number of aryl methyl sites for hydroxylation is 1. The van der Waals surface area contributed by atoms with Gasteiger partial charge in [0.2, 0.25) is 0 Å². The molecule has 0 bridgehead atoms. The zero-order valence-corrected chi connectivity index (χ0v) is 11.8. The SMILES string of the molecule is C[C@@H]1CS[C@]2(CCc3cc(Br)ccc32)S1. The van der Waals surface area contributed by atoms with Crippen molar-refractivity contribution in [2.45, 2.75) is 29.1 Å². The van der Waals surface area contributed by atoms with Crippen LogP contribution in [0.15, 0.2) is 22.7 Å². The summed E-state index contributed by atoms with van der Waals surface area (Å²) >= 11 is 7.89. The topological polar surface area (TPSA) is 0 Å². The van der Waals surface area contributed by atoms with Gasteiger partial charge in [-0.3, -0.25) is 0 Å². The summed E-state index contributed by atoms with van der Waals surface area (Å²) < 4.78 is 1.62. The van der Waals surface area contributed by atoms with Crippen LogP contribution in [0.2, 0.25) is 0 Å². The highest BCUT2D eigenvalue weighted by molar-refractivity contribution is 9.10. The lowest BCUT2D eigenvalue weighted by molar-refractivity contribution is 0.843. The molecule has 0 amide bonds. The van der Waals surface area contributed by atoms with Crippen LogP contribution in [0.3, 0.4) is 0 Å². The maximum Gasteiger partial charge on any atom is 0.0869 e. The fourth-order valence-electron chi connectivity index (χ4n) is 2.49. The lowest BCUT2D eigenvalue weighted by Gasteiger charge is -2.22. The third-order valence-electron chi connectivity index (χ3n) is 3.14. The van der Waals surface area contributed by atoms with Crippen LogP contribution in [-0.4, -0.2) is 11.0 Å². The molecule has 0 unspecified atom stereocenters. The van der Waals surface area contributed by atoms with Crippen LogP contribution >= 0.6 is 39.5 Å². The van der Waals surface area contributed by atoms with Crippen LogP contribution in [0.25, 0.3) is 0 Å². The summed E-state index contributed by atoms with van der Waals surface area (Å²) in [4.78, 5) is 0. The second-order valence-corrected chi connectivity index (χ2v) is 8.52. The fourth-order valence-corrected chi connectivity index (χ4v) is 6.65. The standard InChI is InChI=1S/C12H13BrS2/c1-8-7-14-12(15-8)5-4-9-6-10(13)2-3-11(9)12/h2-3,6,8H,4-5,7H2,1H3/t8-,12-/m1/s1. The molecule has 0 saturated carbocycles. The van der Waals surface area contributed by atoms with Gasteiger partial charge in [0.25, 0.3) is 0 Å². The molecule has 1 aliphatic carbocycles. The largest absolute Gasteiger partial charge is 0.138 e. The van der Waals surface area contributed by atoms with E-state index in [1.165, 1.54) is 23.1 Å². The predicted octanol–water partition coefficient (Wildman–Crippen LogP) is 4.42. The van der Waals surface area contributed by atoms with Gasteiger partial charge in [-0.05, 0) is 36.1 Å². The Hall–Kier alpha value is 0.400. The number of rotatable bonds is 0. The fraction of sp³-hybridized carbons (Fsp3) is 0.500. The van der Waals surface area contributed by atoms with Gasteiger partial charge in [-0.2, -0.15) is 0 Å². The zero-order chi connectivity index (χ0) is 10.5. The maximum atomic E-state index is 3.56. The van der Waals surface area contributed by atoms with E-state index in [2.05, 4.69) is 64.6 Å². The van der Waals surface area contributed by atoms with Crippen molar-refractivity contribution in [1.82, 2.24) is 0 Å². The van der Waals surface area contributed by atoms with E-state index in [0.717, 1.165) is 5.25 Å². The third-order valence-corrected chi connectivity index (χ3v) is 7.42. The van der Waals surface area contributed by atoms with Gasteiger partial charge < -0.3 is 0 Å². The second-order valence-electron chi connectivity index (χ2n) is 4.29. The molecular weight excluding hydrogens is 288 g/mol. The Labute approximate surface area is 108 Å². The van der Waals surface area contributed by atoms with Crippen molar-refractivity contribution >= 4 is 39.5 Å². The smallest absolute Gasteiger partial charge is 0.0869 e. The molecule has 1 spiro atoms. The molecule has 1 aliphatic heterocycles. The summed E-state index contributed by atoms with van der Waals surface area (Å²) in [6.07, 6.45) is 2.57. The molecule has 2 aliphatic rings. The molecule has 3 rings (SSSR count). The van der Waals surface area contributed by atoms with Gasteiger partial charge in [0.1, 0.15) is 0 Å². The van der Waals surface area contributed by atoms with Crippen LogP contribution < -0.4 is 0 Å². The first-order valence-corrected chi connectivity index (χ1v) is 7.96. The van der Waals surface area contributed by atoms with Crippen LogP contribution in [0.4, 0.5) is 0 Å². The molecule has 1 fully saturated rings. The average molecular weight is 301 g/mol. The Morgan fingerprint density at radius 3 is 3.07 bits per heavy atom. The summed E-state index contributed by atoms with van der Waals surface area (Å²) in [5, 5.41) is 0.810. The van der Waals surface area contributed by atoms with Gasteiger partial charge in [0.15, 0.2) is 0 Å². The first kappa shape index (κ1) is 10.5. The molecule has 1 heterocycles. The van der Waals surface area contributed by atoms with Gasteiger partial charge >= 0.3 is 0 Å². The second kappa shape index (κ2) is 3.71. The van der Waals surface area contributed by atoms with E-state index in [4.69, 9.17) is 0 Å². The molecule has 1 saturated heterocycles. The summed E-state index contributed by atoms with van der Waals surface area (Å²) in [6.45, 7) is 2.35.